The van der Waals surface area contributed by atoms with E-state index < -0.39 is 6.10 Å². The van der Waals surface area contributed by atoms with E-state index in [1.54, 1.807) is 0 Å². The second-order valence-electron chi connectivity index (χ2n) is 16.2. The maximum absolute atomic E-state index is 12.2. The van der Waals surface area contributed by atoms with Gasteiger partial charge in [-0.2, -0.15) is 0 Å². The first-order valence-electron chi connectivity index (χ1n) is 24.0. The van der Waals surface area contributed by atoms with Gasteiger partial charge < -0.3 is 14.6 Å². The van der Waals surface area contributed by atoms with Crippen molar-refractivity contribution in [1.82, 2.24) is 0 Å². The van der Waals surface area contributed by atoms with Crippen LogP contribution in [0.1, 0.15) is 251 Å². The molecule has 0 saturated heterocycles. The summed E-state index contributed by atoms with van der Waals surface area (Å²) in [5.41, 5.74) is 0. The minimum atomic E-state index is -0.775. The highest BCUT2D eigenvalue weighted by Crippen LogP contribution is 2.15. The molecule has 0 aliphatic rings. The van der Waals surface area contributed by atoms with E-state index in [-0.39, 0.29) is 25.2 Å². The average molecular weight is 773 g/mol. The lowest BCUT2D eigenvalue weighted by atomic mass is 10.0. The van der Waals surface area contributed by atoms with E-state index in [0.717, 1.165) is 51.4 Å². The number of carbonyl (C=O) groups excluding carboxylic acids is 2. The van der Waals surface area contributed by atoms with Crippen LogP contribution in [0.3, 0.4) is 0 Å². The highest BCUT2D eigenvalue weighted by atomic mass is 16.6. The molecule has 0 amide bonds. The molecular formula is C50H92O5. The van der Waals surface area contributed by atoms with Crippen LogP contribution in [0.4, 0.5) is 0 Å². The first kappa shape index (κ1) is 53.1. The number of hydrogen-bond donors (Lipinski definition) is 1. The quantitative estimate of drug-likeness (QED) is 0.0379. The van der Waals surface area contributed by atoms with E-state index in [1.807, 2.05) is 0 Å². The molecule has 0 aliphatic carbocycles. The molecule has 0 bridgehead atoms. The lowest BCUT2D eigenvalue weighted by Crippen LogP contribution is -2.28. The minimum Gasteiger partial charge on any atom is -0.462 e. The topological polar surface area (TPSA) is 72.8 Å². The van der Waals surface area contributed by atoms with Crippen molar-refractivity contribution >= 4 is 11.9 Å². The molecule has 0 heterocycles. The second kappa shape index (κ2) is 46.5. The maximum Gasteiger partial charge on any atom is 0.306 e. The average Bonchev–Trinajstić information content (AvgIpc) is 3.19. The molecule has 55 heavy (non-hydrogen) atoms. The number of carbonyl (C=O) groups is 2. The summed E-state index contributed by atoms with van der Waals surface area (Å²) in [7, 11) is 0. The predicted octanol–water partition coefficient (Wildman–Crippen LogP) is 15.6. The van der Waals surface area contributed by atoms with Gasteiger partial charge in [0.25, 0.3) is 0 Å². The summed E-state index contributed by atoms with van der Waals surface area (Å²) in [5.74, 6) is -0.592. The van der Waals surface area contributed by atoms with Crippen LogP contribution in [0.5, 0.6) is 0 Å². The molecule has 0 aliphatic heterocycles. The van der Waals surface area contributed by atoms with Gasteiger partial charge in [0.15, 0.2) is 6.10 Å². The Morgan fingerprint density at radius 1 is 0.418 bits per heavy atom. The first-order valence-corrected chi connectivity index (χ1v) is 24.0. The van der Waals surface area contributed by atoms with Gasteiger partial charge >= 0.3 is 11.9 Å². The van der Waals surface area contributed by atoms with Gasteiger partial charge in [0.2, 0.25) is 0 Å². The van der Waals surface area contributed by atoms with Crippen molar-refractivity contribution in [2.45, 2.75) is 258 Å². The van der Waals surface area contributed by atoms with Crippen molar-refractivity contribution in [2.75, 3.05) is 13.2 Å². The summed E-state index contributed by atoms with van der Waals surface area (Å²) in [5, 5.41) is 9.60. The third kappa shape index (κ3) is 44.7. The van der Waals surface area contributed by atoms with Crippen molar-refractivity contribution in [1.29, 1.82) is 0 Å². The van der Waals surface area contributed by atoms with Crippen LogP contribution in [-0.2, 0) is 19.1 Å². The monoisotopic (exact) mass is 773 g/mol. The summed E-state index contributed by atoms with van der Waals surface area (Å²) in [4.78, 5) is 24.4. The lowest BCUT2D eigenvalue weighted by molar-refractivity contribution is -0.161. The summed E-state index contributed by atoms with van der Waals surface area (Å²) in [6.45, 7) is 4.14. The van der Waals surface area contributed by atoms with Gasteiger partial charge in [0, 0.05) is 12.8 Å². The third-order valence-electron chi connectivity index (χ3n) is 10.7. The van der Waals surface area contributed by atoms with Gasteiger partial charge in [-0.25, -0.2) is 0 Å². The number of rotatable bonds is 44. The van der Waals surface area contributed by atoms with Crippen LogP contribution in [-0.4, -0.2) is 36.4 Å². The Labute approximate surface area is 342 Å². The van der Waals surface area contributed by atoms with E-state index in [2.05, 4.69) is 50.3 Å². The van der Waals surface area contributed by atoms with Gasteiger partial charge in [0.1, 0.15) is 6.61 Å². The SMILES string of the molecule is CCCCCC/C=C\C/C=C\CCCCCCCCCC(=O)OC(CO)COC(=O)CCCCCCCCCCCCC/C=C\CCCCCCCCCC. The molecule has 5 heteroatoms. The normalized spacial score (nSPS) is 12.4. The highest BCUT2D eigenvalue weighted by molar-refractivity contribution is 5.70. The van der Waals surface area contributed by atoms with Crippen molar-refractivity contribution < 1.29 is 24.2 Å². The minimum absolute atomic E-state index is 0.0673. The largest absolute Gasteiger partial charge is 0.462 e. The number of unbranched alkanes of at least 4 members (excludes halogenated alkanes) is 30. The standard InChI is InChI=1S/C50H92O5/c1-3-5-7-9-11-13-15-17-19-21-23-24-25-26-27-29-30-32-34-36-38-40-42-44-49(52)54-47-48(46-51)55-50(53)45-43-41-39-37-35-33-31-28-22-20-18-16-14-12-10-8-6-4-2/h14,16,20-23,48,51H,3-13,15,17-19,24-47H2,1-2H3/b16-14-,22-20-,23-21-. The van der Waals surface area contributed by atoms with Crippen molar-refractivity contribution in [3.8, 4) is 0 Å². The predicted molar refractivity (Wildman–Crippen MR) is 238 cm³/mol. The Morgan fingerprint density at radius 3 is 1.11 bits per heavy atom. The van der Waals surface area contributed by atoms with Gasteiger partial charge in [0.05, 0.1) is 6.61 Å². The Morgan fingerprint density at radius 2 is 0.727 bits per heavy atom. The van der Waals surface area contributed by atoms with Gasteiger partial charge in [-0.3, -0.25) is 9.59 Å². The zero-order valence-electron chi connectivity index (χ0n) is 36.7. The number of ether oxygens (including phenoxy) is 2. The molecule has 0 saturated carbocycles. The van der Waals surface area contributed by atoms with E-state index in [9.17, 15) is 14.7 Å². The molecule has 0 aromatic rings. The van der Waals surface area contributed by atoms with Crippen molar-refractivity contribution in [3.63, 3.8) is 0 Å². The van der Waals surface area contributed by atoms with Crippen molar-refractivity contribution in [2.24, 2.45) is 0 Å². The molecule has 1 atom stereocenters. The summed E-state index contributed by atoms with van der Waals surface area (Å²) >= 11 is 0. The maximum atomic E-state index is 12.2. The fraction of sp³-hybridized carbons (Fsp3) is 0.840. The smallest absolute Gasteiger partial charge is 0.306 e. The zero-order chi connectivity index (χ0) is 40.0. The molecule has 0 radical (unpaired) electrons. The van der Waals surface area contributed by atoms with E-state index in [1.165, 1.54) is 173 Å². The van der Waals surface area contributed by atoms with E-state index in [0.29, 0.717) is 12.8 Å². The van der Waals surface area contributed by atoms with Crippen LogP contribution in [0.2, 0.25) is 0 Å². The van der Waals surface area contributed by atoms with Crippen LogP contribution in [0.15, 0.2) is 36.5 Å². The van der Waals surface area contributed by atoms with Crippen LogP contribution in [0.25, 0.3) is 0 Å². The number of aliphatic hydroxyl groups is 1. The van der Waals surface area contributed by atoms with E-state index >= 15 is 0 Å². The van der Waals surface area contributed by atoms with Gasteiger partial charge in [-0.05, 0) is 70.6 Å². The molecule has 0 spiro atoms. The van der Waals surface area contributed by atoms with Crippen LogP contribution < -0.4 is 0 Å². The zero-order valence-corrected chi connectivity index (χ0v) is 36.7. The number of allylic oxidation sites excluding steroid dienone is 6. The van der Waals surface area contributed by atoms with E-state index in [4.69, 9.17) is 9.47 Å². The summed E-state index contributed by atoms with van der Waals surface area (Å²) in [6.07, 6.45) is 58.0. The molecule has 0 fully saturated rings. The summed E-state index contributed by atoms with van der Waals surface area (Å²) in [6, 6.07) is 0. The molecule has 5 nitrogen and oxygen atoms in total. The highest BCUT2D eigenvalue weighted by Gasteiger charge is 2.16. The fourth-order valence-electron chi connectivity index (χ4n) is 6.99. The number of esters is 2. The summed E-state index contributed by atoms with van der Waals surface area (Å²) < 4.78 is 10.7. The Balaban J connectivity index is 3.50. The number of aliphatic hydroxyl groups excluding tert-OH is 1. The molecule has 0 aromatic carbocycles. The molecule has 1 unspecified atom stereocenters. The third-order valence-corrected chi connectivity index (χ3v) is 10.7. The molecule has 322 valence electrons. The Bertz CT molecular complexity index is 877. The van der Waals surface area contributed by atoms with Crippen LogP contribution in [0, 0.1) is 0 Å². The van der Waals surface area contributed by atoms with Gasteiger partial charge in [-0.15, -0.1) is 0 Å². The van der Waals surface area contributed by atoms with Gasteiger partial charge in [-0.1, -0.05) is 204 Å². The molecule has 0 aromatic heterocycles. The second-order valence-corrected chi connectivity index (χ2v) is 16.2. The first-order chi connectivity index (χ1) is 27.1. The fourth-order valence-corrected chi connectivity index (χ4v) is 6.99. The molecule has 1 N–H and O–H groups in total. The van der Waals surface area contributed by atoms with Crippen molar-refractivity contribution in [3.05, 3.63) is 36.5 Å². The molecule has 0 rings (SSSR count). The lowest BCUT2D eigenvalue weighted by Gasteiger charge is -2.15. The number of hydrogen-bond acceptors (Lipinski definition) is 5. The Hall–Kier alpha value is -1.88. The molecular weight excluding hydrogens is 681 g/mol. The Kier molecular flexibility index (Phi) is 44.9. The van der Waals surface area contributed by atoms with Crippen LogP contribution >= 0.6 is 0 Å².